The molecule has 1 unspecified atom stereocenters. The molecule has 0 heterocycles. The molecule has 124 valence electrons. The summed E-state index contributed by atoms with van der Waals surface area (Å²) in [6, 6.07) is 15.5. The number of benzene rings is 2. The highest BCUT2D eigenvalue weighted by Gasteiger charge is 2.14. The molecule has 0 aliphatic carbocycles. The molecule has 5 heteroatoms. The van der Waals surface area contributed by atoms with Gasteiger partial charge in [-0.2, -0.15) is 0 Å². The third-order valence-corrected chi connectivity index (χ3v) is 4.39. The number of likely N-dealkylation sites (N-methyl/N-ethyl adjacent to an activating group) is 1. The van der Waals surface area contributed by atoms with Gasteiger partial charge in [0.1, 0.15) is 19.2 Å². The molecule has 0 bridgehead atoms. The van der Waals surface area contributed by atoms with Crippen molar-refractivity contribution in [3.05, 3.63) is 69.7 Å². The van der Waals surface area contributed by atoms with Crippen LogP contribution in [-0.4, -0.2) is 31.4 Å². The quantitative estimate of drug-likeness (QED) is 0.763. The number of aliphatic hydroxyl groups excluding tert-OH is 1. The minimum absolute atomic E-state index is 0.315. The van der Waals surface area contributed by atoms with Crippen molar-refractivity contribution in [3.63, 3.8) is 0 Å². The number of nitrogens with one attached hydrogen (secondary N) is 1. The van der Waals surface area contributed by atoms with Crippen LogP contribution in [0.15, 0.2) is 48.5 Å². The average molecular weight is 355 g/mol. The van der Waals surface area contributed by atoms with Crippen molar-refractivity contribution in [3.8, 4) is 0 Å². The lowest BCUT2D eigenvalue weighted by molar-refractivity contribution is -0.897. The first-order chi connectivity index (χ1) is 11.1. The zero-order chi connectivity index (χ0) is 16.7. The van der Waals surface area contributed by atoms with E-state index in [0.29, 0.717) is 36.3 Å². The molecular weight excluding hydrogens is 333 g/mol. The Morgan fingerprint density at radius 3 is 2.57 bits per heavy atom. The summed E-state index contributed by atoms with van der Waals surface area (Å²) in [6.07, 6.45) is -0.517. The van der Waals surface area contributed by atoms with Gasteiger partial charge in [0.2, 0.25) is 0 Å². The summed E-state index contributed by atoms with van der Waals surface area (Å²) in [5, 5.41) is 11.2. The van der Waals surface area contributed by atoms with Gasteiger partial charge in [-0.1, -0.05) is 65.7 Å². The Labute approximate surface area is 147 Å². The topological polar surface area (TPSA) is 33.9 Å². The van der Waals surface area contributed by atoms with Gasteiger partial charge in [0.25, 0.3) is 0 Å². The highest BCUT2D eigenvalue weighted by Crippen LogP contribution is 2.24. The lowest BCUT2D eigenvalue weighted by Gasteiger charge is -2.19. The molecular formula is C18H22Cl2NO2+. The second kappa shape index (κ2) is 9.26. The van der Waals surface area contributed by atoms with Gasteiger partial charge in [-0.05, 0) is 11.6 Å². The van der Waals surface area contributed by atoms with Crippen molar-refractivity contribution in [1.29, 1.82) is 0 Å². The van der Waals surface area contributed by atoms with E-state index in [-0.39, 0.29) is 0 Å². The highest BCUT2D eigenvalue weighted by atomic mass is 35.5. The average Bonchev–Trinajstić information content (AvgIpc) is 2.53. The van der Waals surface area contributed by atoms with Crippen LogP contribution in [0.4, 0.5) is 0 Å². The van der Waals surface area contributed by atoms with Crippen LogP contribution in [0, 0.1) is 0 Å². The van der Waals surface area contributed by atoms with E-state index in [9.17, 15) is 5.11 Å². The molecule has 2 rings (SSSR count). The number of ether oxygens (including phenoxy) is 1. The molecule has 0 fully saturated rings. The fourth-order valence-electron chi connectivity index (χ4n) is 2.43. The van der Waals surface area contributed by atoms with Crippen LogP contribution in [0.3, 0.4) is 0 Å². The summed E-state index contributed by atoms with van der Waals surface area (Å²) < 4.78 is 5.56. The molecule has 2 aromatic rings. The maximum Gasteiger partial charge on any atom is 0.126 e. The maximum absolute atomic E-state index is 10.1. The van der Waals surface area contributed by atoms with Gasteiger partial charge in [0, 0.05) is 5.56 Å². The third kappa shape index (κ3) is 6.13. The zero-order valence-corrected chi connectivity index (χ0v) is 14.6. The van der Waals surface area contributed by atoms with Crippen LogP contribution < -0.4 is 4.90 Å². The Morgan fingerprint density at radius 2 is 1.83 bits per heavy atom. The molecule has 0 aliphatic heterocycles. The van der Waals surface area contributed by atoms with E-state index < -0.39 is 6.10 Å². The zero-order valence-electron chi connectivity index (χ0n) is 13.1. The highest BCUT2D eigenvalue weighted by molar-refractivity contribution is 6.42. The van der Waals surface area contributed by atoms with Gasteiger partial charge in [0.05, 0.1) is 30.3 Å². The number of rotatable bonds is 8. The van der Waals surface area contributed by atoms with E-state index >= 15 is 0 Å². The first kappa shape index (κ1) is 18.2. The molecule has 0 amide bonds. The minimum Gasteiger partial charge on any atom is -0.385 e. The Balaban J connectivity index is 1.74. The predicted molar refractivity (Wildman–Crippen MR) is 94.0 cm³/mol. The molecule has 2 atom stereocenters. The van der Waals surface area contributed by atoms with Gasteiger partial charge >= 0.3 is 0 Å². The van der Waals surface area contributed by atoms with Crippen LogP contribution in [-0.2, 0) is 17.9 Å². The van der Waals surface area contributed by atoms with Crippen LogP contribution in [0.5, 0.6) is 0 Å². The molecule has 2 aromatic carbocycles. The van der Waals surface area contributed by atoms with E-state index in [1.54, 1.807) is 6.07 Å². The number of halogens is 2. The Kier molecular flexibility index (Phi) is 7.34. The smallest absolute Gasteiger partial charge is 0.126 e. The second-order valence-electron chi connectivity index (χ2n) is 5.71. The molecule has 2 N–H and O–H groups in total. The van der Waals surface area contributed by atoms with E-state index in [1.807, 2.05) is 49.5 Å². The molecule has 0 spiro atoms. The van der Waals surface area contributed by atoms with E-state index in [2.05, 4.69) is 0 Å². The van der Waals surface area contributed by atoms with Crippen molar-refractivity contribution >= 4 is 23.2 Å². The summed E-state index contributed by atoms with van der Waals surface area (Å²) in [7, 11) is 2.01. The summed E-state index contributed by atoms with van der Waals surface area (Å²) in [6.45, 7) is 2.11. The van der Waals surface area contributed by atoms with Gasteiger partial charge in [0.15, 0.2) is 0 Å². The van der Waals surface area contributed by atoms with Crippen molar-refractivity contribution in [2.24, 2.45) is 0 Å². The van der Waals surface area contributed by atoms with Crippen molar-refractivity contribution < 1.29 is 14.7 Å². The maximum atomic E-state index is 10.1. The van der Waals surface area contributed by atoms with Crippen molar-refractivity contribution in [1.82, 2.24) is 0 Å². The number of aliphatic hydroxyl groups is 1. The monoisotopic (exact) mass is 354 g/mol. The number of hydrogen-bond acceptors (Lipinski definition) is 2. The van der Waals surface area contributed by atoms with Crippen LogP contribution >= 0.6 is 23.2 Å². The van der Waals surface area contributed by atoms with E-state index in [4.69, 9.17) is 27.9 Å². The molecule has 0 aliphatic rings. The van der Waals surface area contributed by atoms with Crippen molar-refractivity contribution in [2.75, 3.05) is 20.2 Å². The normalized spacial score (nSPS) is 13.7. The molecule has 0 saturated carbocycles. The Hall–Kier alpha value is -1.10. The van der Waals surface area contributed by atoms with Crippen LogP contribution in [0.2, 0.25) is 10.0 Å². The SMILES string of the molecule is C[NH+](Cc1cccc(Cl)c1Cl)C[C@@H](O)COCc1ccccc1. The summed E-state index contributed by atoms with van der Waals surface area (Å²) in [5.74, 6) is 0. The first-order valence-electron chi connectivity index (χ1n) is 7.60. The first-order valence-corrected chi connectivity index (χ1v) is 8.35. The fourth-order valence-corrected chi connectivity index (χ4v) is 2.82. The van der Waals surface area contributed by atoms with Gasteiger partial charge in [-0.3, -0.25) is 0 Å². The standard InChI is InChI=1S/C18H21Cl2NO2/c1-21(10-15-8-5-9-17(19)18(15)20)11-16(22)13-23-12-14-6-3-2-4-7-14/h2-9,16,22H,10-13H2,1H3/p+1/t16-/m1/s1. The Bertz CT molecular complexity index is 607. The fraction of sp³-hybridized carbons (Fsp3) is 0.333. The van der Waals surface area contributed by atoms with E-state index in [0.717, 1.165) is 16.0 Å². The largest absolute Gasteiger partial charge is 0.385 e. The van der Waals surface area contributed by atoms with Crippen LogP contribution in [0.1, 0.15) is 11.1 Å². The van der Waals surface area contributed by atoms with Gasteiger partial charge in [-0.25, -0.2) is 0 Å². The number of quaternary nitrogens is 1. The summed E-state index contributed by atoms with van der Waals surface area (Å²) in [4.78, 5) is 1.14. The second-order valence-corrected chi connectivity index (χ2v) is 6.49. The minimum atomic E-state index is -0.517. The molecule has 0 radical (unpaired) electrons. The predicted octanol–water partition coefficient (Wildman–Crippen LogP) is 2.59. The summed E-state index contributed by atoms with van der Waals surface area (Å²) >= 11 is 12.2. The van der Waals surface area contributed by atoms with Crippen molar-refractivity contribution in [2.45, 2.75) is 19.3 Å². The van der Waals surface area contributed by atoms with E-state index in [1.165, 1.54) is 0 Å². The molecule has 23 heavy (non-hydrogen) atoms. The van der Waals surface area contributed by atoms with Crippen LogP contribution in [0.25, 0.3) is 0 Å². The molecule has 3 nitrogen and oxygen atoms in total. The third-order valence-electron chi connectivity index (χ3n) is 3.53. The molecule has 0 saturated heterocycles. The van der Waals surface area contributed by atoms with Gasteiger partial charge < -0.3 is 14.7 Å². The van der Waals surface area contributed by atoms with Gasteiger partial charge in [-0.15, -0.1) is 0 Å². The lowest BCUT2D eigenvalue weighted by atomic mass is 10.2. The Morgan fingerprint density at radius 1 is 1.09 bits per heavy atom. The summed E-state index contributed by atoms with van der Waals surface area (Å²) in [5.41, 5.74) is 2.08. The molecule has 0 aromatic heterocycles. The lowest BCUT2D eigenvalue weighted by Crippen LogP contribution is -3.09. The number of hydrogen-bond donors (Lipinski definition) is 2.